The second kappa shape index (κ2) is 6.67. The predicted molar refractivity (Wildman–Crippen MR) is 90.2 cm³/mol. The van der Waals surface area contributed by atoms with Gasteiger partial charge in [-0.15, -0.1) is 16.4 Å². The van der Waals surface area contributed by atoms with E-state index in [0.29, 0.717) is 5.82 Å². The molecule has 3 rings (SSSR count). The monoisotopic (exact) mass is 365 g/mol. The number of aromatic nitrogens is 4. The Labute approximate surface area is 142 Å². The van der Waals surface area contributed by atoms with Crippen LogP contribution in [-0.4, -0.2) is 34.3 Å². The maximum Gasteiger partial charge on any atom is 0.345 e. The van der Waals surface area contributed by atoms with Crippen LogP contribution in [0.3, 0.4) is 0 Å². The molecule has 126 valence electrons. The third-order valence-corrected chi connectivity index (χ3v) is 5.65. The molecule has 0 aromatic carbocycles. The molecule has 0 spiro atoms. The smallest absolute Gasteiger partial charge is 0.277 e. The number of nitrogens with one attached hydrogen (secondary N) is 1. The van der Waals surface area contributed by atoms with Crippen molar-refractivity contribution in [1.29, 1.82) is 0 Å². The summed E-state index contributed by atoms with van der Waals surface area (Å²) >= 11 is 1.48. The zero-order valence-corrected chi connectivity index (χ0v) is 14.4. The van der Waals surface area contributed by atoms with Crippen molar-refractivity contribution in [3.05, 3.63) is 52.5 Å². The molecule has 1 N–H and O–H groups in total. The van der Waals surface area contributed by atoms with Gasteiger partial charge in [0.05, 0.1) is 11.4 Å². The van der Waals surface area contributed by atoms with Crippen molar-refractivity contribution in [1.82, 2.24) is 24.1 Å². The fraction of sp³-hybridized carbons (Fsp3) is 0.214. The molecule has 0 saturated carbocycles. The highest BCUT2D eigenvalue weighted by molar-refractivity contribution is 7.89. The van der Waals surface area contributed by atoms with Crippen LogP contribution < -0.4 is 10.4 Å². The zero-order valence-electron chi connectivity index (χ0n) is 12.8. The molecular formula is C14H15N5O3S2. The van der Waals surface area contributed by atoms with Crippen molar-refractivity contribution in [3.8, 4) is 10.7 Å². The normalized spacial score (nSPS) is 11.7. The summed E-state index contributed by atoms with van der Waals surface area (Å²) in [6.07, 6.45) is 2.77. The summed E-state index contributed by atoms with van der Waals surface area (Å²) in [5.74, 6) is 0.560. The van der Waals surface area contributed by atoms with E-state index in [2.05, 4.69) is 14.8 Å². The molecular weight excluding hydrogens is 350 g/mol. The number of pyridine rings is 1. The van der Waals surface area contributed by atoms with Gasteiger partial charge in [-0.25, -0.2) is 22.6 Å². The van der Waals surface area contributed by atoms with Gasteiger partial charge in [0.1, 0.15) is 4.90 Å². The standard InChI is InChI=1S/C14H15N5O3S2/c1-18-13(12-5-3-9-23-12)17-19(14(18)20)8-7-16-24(21,22)11-4-2-6-15-10-11/h2-6,9-10,16H,7-8H2,1H3. The number of nitrogens with zero attached hydrogens (tertiary/aromatic N) is 4. The summed E-state index contributed by atoms with van der Waals surface area (Å²) in [5, 5.41) is 6.18. The SMILES string of the molecule is Cn1c(-c2cccs2)nn(CCNS(=O)(=O)c2cccnc2)c1=O. The Kier molecular flexibility index (Phi) is 4.60. The summed E-state index contributed by atoms with van der Waals surface area (Å²) in [5.41, 5.74) is -0.293. The molecule has 0 fully saturated rings. The summed E-state index contributed by atoms with van der Waals surface area (Å²) in [6, 6.07) is 6.76. The molecule has 0 radical (unpaired) electrons. The molecule has 0 saturated heterocycles. The average Bonchev–Trinajstić information content (AvgIpc) is 3.19. The first kappa shape index (κ1) is 16.6. The molecule has 3 heterocycles. The lowest BCUT2D eigenvalue weighted by Gasteiger charge is -2.05. The molecule has 3 aromatic heterocycles. The van der Waals surface area contributed by atoms with E-state index < -0.39 is 10.0 Å². The largest absolute Gasteiger partial charge is 0.345 e. The van der Waals surface area contributed by atoms with Crippen molar-refractivity contribution in [2.24, 2.45) is 7.05 Å². The van der Waals surface area contributed by atoms with Gasteiger partial charge in [0, 0.05) is 26.0 Å². The Hall–Kier alpha value is -2.30. The van der Waals surface area contributed by atoms with Gasteiger partial charge in [-0.3, -0.25) is 9.55 Å². The van der Waals surface area contributed by atoms with Gasteiger partial charge in [-0.05, 0) is 23.6 Å². The van der Waals surface area contributed by atoms with Gasteiger partial charge in [-0.1, -0.05) is 6.07 Å². The van der Waals surface area contributed by atoms with Crippen LogP contribution in [0.25, 0.3) is 10.7 Å². The van der Waals surface area contributed by atoms with E-state index >= 15 is 0 Å². The number of hydrogen-bond acceptors (Lipinski definition) is 6. The minimum absolute atomic E-state index is 0.0536. The average molecular weight is 365 g/mol. The van der Waals surface area contributed by atoms with Gasteiger partial charge >= 0.3 is 5.69 Å². The van der Waals surface area contributed by atoms with Crippen LogP contribution in [-0.2, 0) is 23.6 Å². The highest BCUT2D eigenvalue weighted by Gasteiger charge is 2.15. The number of rotatable bonds is 6. The van der Waals surface area contributed by atoms with Gasteiger partial charge in [0.25, 0.3) is 0 Å². The van der Waals surface area contributed by atoms with E-state index in [-0.39, 0.29) is 23.7 Å². The zero-order chi connectivity index (χ0) is 17.2. The van der Waals surface area contributed by atoms with Crippen molar-refractivity contribution in [2.75, 3.05) is 6.54 Å². The lowest BCUT2D eigenvalue weighted by molar-refractivity contribution is 0.550. The second-order valence-electron chi connectivity index (χ2n) is 4.95. The first-order valence-corrected chi connectivity index (χ1v) is 9.43. The Morgan fingerprint density at radius 2 is 2.12 bits per heavy atom. The summed E-state index contributed by atoms with van der Waals surface area (Å²) < 4.78 is 29.3. The Morgan fingerprint density at radius 1 is 1.29 bits per heavy atom. The van der Waals surface area contributed by atoms with Crippen LogP contribution in [0, 0.1) is 0 Å². The predicted octanol–water partition coefficient (Wildman–Crippen LogP) is 0.684. The van der Waals surface area contributed by atoms with Crippen molar-refractivity contribution < 1.29 is 8.42 Å². The number of sulfonamides is 1. The second-order valence-corrected chi connectivity index (χ2v) is 7.67. The minimum atomic E-state index is -3.65. The van der Waals surface area contributed by atoms with Crippen molar-refractivity contribution in [2.45, 2.75) is 11.4 Å². The Bertz CT molecular complexity index is 975. The Balaban J connectivity index is 1.72. The van der Waals surface area contributed by atoms with Gasteiger partial charge in [-0.2, -0.15) is 0 Å². The van der Waals surface area contributed by atoms with E-state index in [1.165, 1.54) is 39.0 Å². The highest BCUT2D eigenvalue weighted by Crippen LogP contribution is 2.20. The molecule has 0 bridgehead atoms. The first-order valence-electron chi connectivity index (χ1n) is 7.06. The first-order chi connectivity index (χ1) is 11.5. The lowest BCUT2D eigenvalue weighted by atomic mass is 10.4. The van der Waals surface area contributed by atoms with E-state index in [0.717, 1.165) is 4.88 Å². The van der Waals surface area contributed by atoms with Gasteiger partial charge in [0.2, 0.25) is 10.0 Å². The van der Waals surface area contributed by atoms with Crippen LogP contribution in [0.5, 0.6) is 0 Å². The van der Waals surface area contributed by atoms with E-state index in [1.807, 2.05) is 17.5 Å². The number of thiophene rings is 1. The molecule has 0 aliphatic heterocycles. The third-order valence-electron chi connectivity index (χ3n) is 3.34. The van der Waals surface area contributed by atoms with Crippen molar-refractivity contribution in [3.63, 3.8) is 0 Å². The highest BCUT2D eigenvalue weighted by atomic mass is 32.2. The summed E-state index contributed by atoms with van der Waals surface area (Å²) in [7, 11) is -2.01. The maximum absolute atomic E-state index is 12.2. The maximum atomic E-state index is 12.2. The molecule has 0 unspecified atom stereocenters. The lowest BCUT2D eigenvalue weighted by Crippen LogP contribution is -2.31. The molecule has 3 aromatic rings. The summed E-state index contributed by atoms with van der Waals surface area (Å²) in [4.78, 5) is 16.9. The van der Waals surface area contributed by atoms with Crippen LogP contribution >= 0.6 is 11.3 Å². The van der Waals surface area contributed by atoms with Crippen LogP contribution in [0.1, 0.15) is 0 Å². The van der Waals surface area contributed by atoms with Crippen LogP contribution in [0.15, 0.2) is 51.7 Å². The molecule has 0 aliphatic rings. The van der Waals surface area contributed by atoms with Crippen LogP contribution in [0.2, 0.25) is 0 Å². The molecule has 10 heteroatoms. The number of hydrogen-bond donors (Lipinski definition) is 1. The van der Waals surface area contributed by atoms with Gasteiger partial charge < -0.3 is 0 Å². The Morgan fingerprint density at radius 3 is 2.79 bits per heavy atom. The van der Waals surface area contributed by atoms with E-state index in [1.54, 1.807) is 13.1 Å². The van der Waals surface area contributed by atoms with Gasteiger partial charge in [0.15, 0.2) is 5.82 Å². The minimum Gasteiger partial charge on any atom is -0.277 e. The van der Waals surface area contributed by atoms with E-state index in [9.17, 15) is 13.2 Å². The summed E-state index contributed by atoms with van der Waals surface area (Å²) in [6.45, 7) is 0.190. The third kappa shape index (κ3) is 3.30. The quantitative estimate of drug-likeness (QED) is 0.693. The fourth-order valence-electron chi connectivity index (χ4n) is 2.13. The fourth-order valence-corrected chi connectivity index (χ4v) is 3.86. The van der Waals surface area contributed by atoms with Crippen LogP contribution in [0.4, 0.5) is 0 Å². The molecule has 0 atom stereocenters. The molecule has 8 nitrogen and oxygen atoms in total. The molecule has 24 heavy (non-hydrogen) atoms. The van der Waals surface area contributed by atoms with E-state index in [4.69, 9.17) is 0 Å². The molecule has 0 amide bonds. The topological polar surface area (TPSA) is 98.9 Å². The van der Waals surface area contributed by atoms with Crippen molar-refractivity contribution >= 4 is 21.4 Å². The molecule has 0 aliphatic carbocycles.